The molecule has 8 heteroatoms. The average molecular weight is 507 g/mol. The number of carbonyl (C=O) groups excluding carboxylic acids is 3. The van der Waals surface area contributed by atoms with Gasteiger partial charge in [0.05, 0.1) is 5.60 Å². The van der Waals surface area contributed by atoms with Gasteiger partial charge < -0.3 is 20.1 Å². The second kappa shape index (κ2) is 10.9. The van der Waals surface area contributed by atoms with E-state index in [9.17, 15) is 19.5 Å². The van der Waals surface area contributed by atoms with Crippen LogP contribution in [0.25, 0.3) is 0 Å². The third-order valence-electron chi connectivity index (χ3n) is 7.66. The molecule has 0 bridgehead atoms. The molecule has 4 atom stereocenters. The van der Waals surface area contributed by atoms with Crippen molar-refractivity contribution < 1.29 is 24.2 Å². The van der Waals surface area contributed by atoms with E-state index in [0.29, 0.717) is 50.2 Å². The summed E-state index contributed by atoms with van der Waals surface area (Å²) in [7, 11) is 0. The normalized spacial score (nSPS) is 26.9. The number of aliphatic hydroxyl groups is 1. The molecule has 2 amide bonds. The SMILES string of the molecule is CCC(=O)O[C@@H]1CC[C@@H](C(=O)N[C@@H](C(=O)N2CC[C@](O)(c3ccc(Cl)cc3)C(C)(C)C2)C(C)C)C1. The Labute approximate surface area is 213 Å². The van der Waals surface area contributed by atoms with Gasteiger partial charge in [-0.3, -0.25) is 14.4 Å². The van der Waals surface area contributed by atoms with Crippen LogP contribution in [-0.4, -0.2) is 53.0 Å². The molecule has 0 spiro atoms. The van der Waals surface area contributed by atoms with Gasteiger partial charge in [-0.1, -0.05) is 58.4 Å². The Hall–Kier alpha value is -2.12. The second-order valence-electron chi connectivity index (χ2n) is 11.0. The van der Waals surface area contributed by atoms with Crippen molar-refractivity contribution in [2.45, 2.75) is 84.5 Å². The number of likely N-dealkylation sites (tertiary alicyclic amines) is 1. The maximum atomic E-state index is 13.6. The first kappa shape index (κ1) is 27.5. The summed E-state index contributed by atoms with van der Waals surface area (Å²) >= 11 is 6.03. The molecule has 3 rings (SSSR count). The van der Waals surface area contributed by atoms with Crippen LogP contribution in [0.1, 0.15) is 72.3 Å². The maximum absolute atomic E-state index is 13.6. The topological polar surface area (TPSA) is 95.9 Å². The lowest BCUT2D eigenvalue weighted by atomic mass is 9.66. The number of piperidine rings is 1. The van der Waals surface area contributed by atoms with Crippen molar-refractivity contribution in [3.8, 4) is 0 Å². The third kappa shape index (κ3) is 6.00. The maximum Gasteiger partial charge on any atom is 0.305 e. The summed E-state index contributed by atoms with van der Waals surface area (Å²) in [6.07, 6.45) is 2.25. The van der Waals surface area contributed by atoms with Crippen LogP contribution in [0.5, 0.6) is 0 Å². The molecule has 1 aliphatic carbocycles. The first-order valence-corrected chi connectivity index (χ1v) is 13.0. The van der Waals surface area contributed by atoms with E-state index in [2.05, 4.69) is 5.32 Å². The number of esters is 1. The highest BCUT2D eigenvalue weighted by Gasteiger charge is 2.50. The fourth-order valence-electron chi connectivity index (χ4n) is 5.31. The molecule has 1 aromatic rings. The summed E-state index contributed by atoms with van der Waals surface area (Å²) in [5.74, 6) is -0.918. The average Bonchev–Trinajstić information content (AvgIpc) is 3.27. The summed E-state index contributed by atoms with van der Waals surface area (Å²) in [4.78, 5) is 39.9. The standard InChI is InChI=1S/C27H39ClN2O5/c1-6-22(31)35-21-12-7-18(15-21)24(32)29-23(17(2)3)25(33)30-14-13-27(34,26(4,5)16-30)19-8-10-20(28)11-9-19/h8-11,17-18,21,23,34H,6-7,12-16H2,1-5H3,(H,29,32)/t18-,21-,23-,27+/m1/s1. The number of rotatable bonds is 7. The molecule has 0 unspecified atom stereocenters. The number of ether oxygens (including phenoxy) is 1. The van der Waals surface area contributed by atoms with E-state index < -0.39 is 17.1 Å². The number of hydrogen-bond acceptors (Lipinski definition) is 5. The summed E-state index contributed by atoms with van der Waals surface area (Å²) in [6, 6.07) is 6.56. The van der Waals surface area contributed by atoms with Gasteiger partial charge in [0.25, 0.3) is 0 Å². The smallest absolute Gasteiger partial charge is 0.305 e. The lowest BCUT2D eigenvalue weighted by Gasteiger charge is -2.51. The molecule has 1 aliphatic heterocycles. The lowest BCUT2D eigenvalue weighted by Crippen LogP contribution is -2.60. The Bertz CT molecular complexity index is 932. The van der Waals surface area contributed by atoms with Gasteiger partial charge >= 0.3 is 5.97 Å². The molecule has 7 nitrogen and oxygen atoms in total. The Morgan fingerprint density at radius 3 is 2.43 bits per heavy atom. The fourth-order valence-corrected chi connectivity index (χ4v) is 5.43. The van der Waals surface area contributed by atoms with Crippen LogP contribution in [0.2, 0.25) is 5.02 Å². The molecule has 1 aromatic carbocycles. The van der Waals surface area contributed by atoms with Crippen LogP contribution in [0.4, 0.5) is 0 Å². The molecule has 0 radical (unpaired) electrons. The summed E-state index contributed by atoms with van der Waals surface area (Å²) in [5, 5.41) is 15.2. The van der Waals surface area contributed by atoms with Gasteiger partial charge in [-0.2, -0.15) is 0 Å². The van der Waals surface area contributed by atoms with E-state index in [-0.39, 0.29) is 35.7 Å². The number of carbonyl (C=O) groups is 3. The van der Waals surface area contributed by atoms with E-state index in [4.69, 9.17) is 16.3 Å². The van der Waals surface area contributed by atoms with Crippen LogP contribution < -0.4 is 5.32 Å². The van der Waals surface area contributed by atoms with Crippen molar-refractivity contribution in [3.63, 3.8) is 0 Å². The molecule has 194 valence electrons. The third-order valence-corrected chi connectivity index (χ3v) is 7.91. The molecule has 1 heterocycles. The molecular formula is C27H39ClN2O5. The Kier molecular flexibility index (Phi) is 8.53. The zero-order valence-electron chi connectivity index (χ0n) is 21.5. The molecule has 35 heavy (non-hydrogen) atoms. The van der Waals surface area contributed by atoms with Gasteiger partial charge in [0.2, 0.25) is 11.8 Å². The number of hydrogen-bond donors (Lipinski definition) is 2. The monoisotopic (exact) mass is 506 g/mol. The van der Waals surface area contributed by atoms with Gasteiger partial charge in [-0.15, -0.1) is 0 Å². The Morgan fingerprint density at radius 1 is 1.20 bits per heavy atom. The summed E-state index contributed by atoms with van der Waals surface area (Å²) < 4.78 is 5.40. The number of halogens is 1. The van der Waals surface area contributed by atoms with Gasteiger partial charge in [-0.05, 0) is 49.3 Å². The van der Waals surface area contributed by atoms with E-state index in [1.54, 1.807) is 24.0 Å². The molecule has 2 N–H and O–H groups in total. The molecule has 2 aliphatic rings. The highest BCUT2D eigenvalue weighted by atomic mass is 35.5. The van der Waals surface area contributed by atoms with Gasteiger partial charge in [0.1, 0.15) is 12.1 Å². The van der Waals surface area contributed by atoms with Crippen LogP contribution in [-0.2, 0) is 24.7 Å². The van der Waals surface area contributed by atoms with Crippen molar-refractivity contribution in [1.82, 2.24) is 10.2 Å². The number of benzene rings is 1. The summed E-state index contributed by atoms with van der Waals surface area (Å²) in [5.41, 5.74) is -0.922. The van der Waals surface area contributed by atoms with Gasteiger partial charge in [0.15, 0.2) is 0 Å². The Balaban J connectivity index is 1.66. The second-order valence-corrected chi connectivity index (χ2v) is 11.4. The van der Waals surface area contributed by atoms with Crippen LogP contribution in [0, 0.1) is 17.3 Å². The number of amides is 2. The van der Waals surface area contributed by atoms with Crippen LogP contribution >= 0.6 is 11.6 Å². The van der Waals surface area contributed by atoms with E-state index in [0.717, 1.165) is 5.56 Å². The predicted molar refractivity (Wildman–Crippen MR) is 135 cm³/mol. The minimum Gasteiger partial charge on any atom is -0.462 e. The van der Waals surface area contributed by atoms with Crippen molar-refractivity contribution in [2.24, 2.45) is 17.3 Å². The molecule has 0 aromatic heterocycles. The quantitative estimate of drug-likeness (QED) is 0.544. The summed E-state index contributed by atoms with van der Waals surface area (Å²) in [6.45, 7) is 10.3. The van der Waals surface area contributed by atoms with Crippen molar-refractivity contribution in [3.05, 3.63) is 34.9 Å². The first-order chi connectivity index (χ1) is 16.4. The minimum absolute atomic E-state index is 0.0956. The molecule has 1 saturated carbocycles. The lowest BCUT2D eigenvalue weighted by molar-refractivity contribution is -0.157. The largest absolute Gasteiger partial charge is 0.462 e. The predicted octanol–water partition coefficient (Wildman–Crippen LogP) is 4.05. The van der Waals surface area contributed by atoms with E-state index in [1.807, 2.05) is 39.8 Å². The Morgan fingerprint density at radius 2 is 1.86 bits per heavy atom. The zero-order valence-corrected chi connectivity index (χ0v) is 22.2. The number of nitrogens with zero attached hydrogens (tertiary/aromatic N) is 1. The van der Waals surface area contributed by atoms with Gasteiger partial charge in [-0.25, -0.2) is 0 Å². The van der Waals surface area contributed by atoms with Crippen molar-refractivity contribution in [1.29, 1.82) is 0 Å². The number of nitrogens with one attached hydrogen (secondary N) is 1. The van der Waals surface area contributed by atoms with Crippen LogP contribution in [0.15, 0.2) is 24.3 Å². The van der Waals surface area contributed by atoms with Crippen molar-refractivity contribution >= 4 is 29.4 Å². The zero-order chi connectivity index (χ0) is 26.0. The first-order valence-electron chi connectivity index (χ1n) is 12.6. The fraction of sp³-hybridized carbons (Fsp3) is 0.667. The van der Waals surface area contributed by atoms with E-state index >= 15 is 0 Å². The van der Waals surface area contributed by atoms with Gasteiger partial charge in [0, 0.05) is 35.9 Å². The van der Waals surface area contributed by atoms with Crippen LogP contribution in [0.3, 0.4) is 0 Å². The highest BCUT2D eigenvalue weighted by molar-refractivity contribution is 6.30. The molecule has 2 fully saturated rings. The van der Waals surface area contributed by atoms with E-state index in [1.165, 1.54) is 0 Å². The van der Waals surface area contributed by atoms with Crippen molar-refractivity contribution in [2.75, 3.05) is 13.1 Å². The minimum atomic E-state index is -1.10. The molecule has 1 saturated heterocycles. The molecular weight excluding hydrogens is 468 g/mol. The highest BCUT2D eigenvalue weighted by Crippen LogP contribution is 2.46.